The highest BCUT2D eigenvalue weighted by Gasteiger charge is 2.44. The Morgan fingerprint density at radius 1 is 1.42 bits per heavy atom. The lowest BCUT2D eigenvalue weighted by atomic mass is 9.72. The van der Waals surface area contributed by atoms with Crippen LogP contribution in [0, 0.1) is 5.41 Å². The summed E-state index contributed by atoms with van der Waals surface area (Å²) in [5.74, 6) is 1.07. The quantitative estimate of drug-likeness (QED) is 0.578. The number of fused-ring (bicyclic) bond motifs is 2. The van der Waals surface area contributed by atoms with E-state index in [0.717, 1.165) is 12.2 Å². The molecule has 0 N–H and O–H groups in total. The van der Waals surface area contributed by atoms with Crippen molar-refractivity contribution in [1.29, 1.82) is 0 Å². The van der Waals surface area contributed by atoms with Crippen molar-refractivity contribution in [2.24, 2.45) is 5.41 Å². The van der Waals surface area contributed by atoms with Gasteiger partial charge in [0.05, 0.1) is 0 Å². The van der Waals surface area contributed by atoms with Crippen LogP contribution in [0.15, 0.2) is 22.9 Å². The molecule has 2 unspecified atom stereocenters. The maximum atomic E-state index is 5.85. The average Bonchev–Trinajstić information content (AvgIpc) is 2.07. The minimum atomic E-state index is -0.0443. The fourth-order valence-electron chi connectivity index (χ4n) is 1.84. The molecule has 0 saturated carbocycles. The molecule has 2 aliphatic heterocycles. The van der Waals surface area contributed by atoms with E-state index in [0.29, 0.717) is 0 Å². The molecule has 1 saturated heterocycles. The number of hydrogen-bond donors (Lipinski definition) is 0. The third-order valence-electron chi connectivity index (χ3n) is 2.95. The molecule has 2 bridgehead atoms. The first-order chi connectivity index (χ1) is 5.58. The lowest BCUT2D eigenvalue weighted by molar-refractivity contribution is -0.0315. The van der Waals surface area contributed by atoms with Crippen LogP contribution in [0.3, 0.4) is 0 Å². The normalized spacial score (nSPS) is 48.1. The van der Waals surface area contributed by atoms with Crippen molar-refractivity contribution in [1.82, 2.24) is 0 Å². The average molecular weight is 229 g/mol. The van der Waals surface area contributed by atoms with Crippen LogP contribution in [0.2, 0.25) is 0 Å². The molecular formula is C10H13BrO. The second-order valence-corrected chi connectivity index (χ2v) is 4.60. The zero-order valence-electron chi connectivity index (χ0n) is 7.43. The highest BCUT2D eigenvalue weighted by molar-refractivity contribution is 9.11. The summed E-state index contributed by atoms with van der Waals surface area (Å²) >= 11 is 3.35. The fraction of sp³-hybridized carbons (Fsp3) is 0.600. The van der Waals surface area contributed by atoms with Gasteiger partial charge in [-0.05, 0) is 32.8 Å². The molecule has 1 fully saturated rings. The zero-order valence-corrected chi connectivity index (χ0v) is 9.02. The van der Waals surface area contributed by atoms with Gasteiger partial charge < -0.3 is 4.74 Å². The van der Waals surface area contributed by atoms with Gasteiger partial charge in [-0.2, -0.15) is 0 Å². The second kappa shape index (κ2) is 2.38. The van der Waals surface area contributed by atoms with Crippen molar-refractivity contribution in [3.63, 3.8) is 0 Å². The fourth-order valence-corrected chi connectivity index (χ4v) is 2.46. The molecule has 1 nitrogen and oxygen atoms in total. The molecule has 0 amide bonds. The predicted octanol–water partition coefficient (Wildman–Crippen LogP) is 3.37. The van der Waals surface area contributed by atoms with Crippen molar-refractivity contribution >= 4 is 15.9 Å². The first-order valence-corrected chi connectivity index (χ1v) is 5.20. The minimum Gasteiger partial charge on any atom is -0.486 e. The van der Waals surface area contributed by atoms with Gasteiger partial charge in [-0.3, -0.25) is 0 Å². The van der Waals surface area contributed by atoms with Crippen LogP contribution in [0.5, 0.6) is 0 Å². The Hall–Kier alpha value is -0.240. The van der Waals surface area contributed by atoms with E-state index in [9.17, 15) is 0 Å². The summed E-state index contributed by atoms with van der Waals surface area (Å²) in [5, 5.41) is 0. The smallest absolute Gasteiger partial charge is 0.124 e. The van der Waals surface area contributed by atoms with Gasteiger partial charge in [-0.25, -0.2) is 0 Å². The molecule has 0 aromatic heterocycles. The van der Waals surface area contributed by atoms with Crippen molar-refractivity contribution in [2.75, 3.05) is 0 Å². The standard InChI is InChI=1S/C10H13BrO/c1-9-3-5-10(2,6-4-9)12-8(9)7-11/h3,5,7H,4,6H2,1-2H3/b8-7-. The number of hydrogen-bond acceptors (Lipinski definition) is 1. The van der Waals surface area contributed by atoms with E-state index in [2.05, 4.69) is 41.9 Å². The largest absolute Gasteiger partial charge is 0.486 e. The Balaban J connectivity index is 2.44. The summed E-state index contributed by atoms with van der Waals surface area (Å²) in [6, 6.07) is 0. The molecule has 66 valence electrons. The van der Waals surface area contributed by atoms with E-state index in [-0.39, 0.29) is 11.0 Å². The van der Waals surface area contributed by atoms with Gasteiger partial charge in [0.25, 0.3) is 0 Å². The first-order valence-electron chi connectivity index (χ1n) is 4.28. The molecule has 3 rings (SSSR count). The third kappa shape index (κ3) is 1.05. The van der Waals surface area contributed by atoms with Gasteiger partial charge in [-0.1, -0.05) is 22.0 Å². The minimum absolute atomic E-state index is 0.0443. The Bertz CT molecular complexity index is 269. The first kappa shape index (κ1) is 8.36. The Morgan fingerprint density at radius 3 is 2.58 bits per heavy atom. The van der Waals surface area contributed by atoms with Crippen LogP contribution >= 0.6 is 15.9 Å². The Kier molecular flexibility index (Phi) is 1.66. The predicted molar refractivity (Wildman–Crippen MR) is 53.0 cm³/mol. The molecule has 0 aromatic carbocycles. The van der Waals surface area contributed by atoms with E-state index in [1.165, 1.54) is 6.42 Å². The zero-order chi connectivity index (χ0) is 8.82. The molecule has 2 heterocycles. The van der Waals surface area contributed by atoms with E-state index < -0.39 is 0 Å². The molecular weight excluding hydrogens is 216 g/mol. The van der Waals surface area contributed by atoms with Gasteiger partial charge in [0, 0.05) is 10.4 Å². The number of ether oxygens (including phenoxy) is 1. The Labute approximate surface area is 81.6 Å². The molecule has 2 atom stereocenters. The van der Waals surface area contributed by atoms with E-state index in [1.807, 2.05) is 4.99 Å². The van der Waals surface area contributed by atoms with Crippen LogP contribution in [0.4, 0.5) is 0 Å². The summed E-state index contributed by atoms with van der Waals surface area (Å²) < 4.78 is 5.85. The van der Waals surface area contributed by atoms with Crippen molar-refractivity contribution < 1.29 is 4.74 Å². The highest BCUT2D eigenvalue weighted by atomic mass is 79.9. The maximum Gasteiger partial charge on any atom is 0.124 e. The van der Waals surface area contributed by atoms with Crippen molar-refractivity contribution in [2.45, 2.75) is 32.3 Å². The van der Waals surface area contributed by atoms with Crippen LogP contribution < -0.4 is 0 Å². The van der Waals surface area contributed by atoms with E-state index in [1.54, 1.807) is 0 Å². The van der Waals surface area contributed by atoms with Crippen LogP contribution in [-0.4, -0.2) is 5.60 Å². The van der Waals surface area contributed by atoms with Crippen molar-refractivity contribution in [3.8, 4) is 0 Å². The van der Waals surface area contributed by atoms with Gasteiger partial charge in [0.15, 0.2) is 0 Å². The second-order valence-electron chi connectivity index (χ2n) is 4.14. The van der Waals surface area contributed by atoms with Crippen LogP contribution in [0.1, 0.15) is 26.7 Å². The molecule has 1 aliphatic carbocycles. The van der Waals surface area contributed by atoms with E-state index in [4.69, 9.17) is 4.74 Å². The molecule has 0 radical (unpaired) electrons. The molecule has 12 heavy (non-hydrogen) atoms. The third-order valence-corrected chi connectivity index (χ3v) is 3.37. The number of allylic oxidation sites excluding steroid dienone is 1. The summed E-state index contributed by atoms with van der Waals surface area (Å²) in [5.41, 5.74) is 0.0959. The SMILES string of the molecule is CC12C=CC(C)(CC1)/C(=C/Br)O2. The van der Waals surface area contributed by atoms with E-state index >= 15 is 0 Å². The number of halogens is 1. The highest BCUT2D eigenvalue weighted by Crippen LogP contribution is 2.49. The van der Waals surface area contributed by atoms with Crippen LogP contribution in [-0.2, 0) is 4.74 Å². The summed E-state index contributed by atoms with van der Waals surface area (Å²) in [7, 11) is 0. The molecule has 2 heteroatoms. The Morgan fingerprint density at radius 2 is 2.17 bits per heavy atom. The summed E-state index contributed by atoms with van der Waals surface area (Å²) in [6.45, 7) is 4.36. The number of rotatable bonds is 0. The van der Waals surface area contributed by atoms with Gasteiger partial charge in [0.2, 0.25) is 0 Å². The molecule has 0 aromatic rings. The maximum absolute atomic E-state index is 5.85. The molecule has 0 spiro atoms. The van der Waals surface area contributed by atoms with Crippen molar-refractivity contribution in [3.05, 3.63) is 22.9 Å². The van der Waals surface area contributed by atoms with Crippen LogP contribution in [0.25, 0.3) is 0 Å². The monoisotopic (exact) mass is 228 g/mol. The topological polar surface area (TPSA) is 9.23 Å². The lowest BCUT2D eigenvalue weighted by Gasteiger charge is -2.47. The summed E-state index contributed by atoms with van der Waals surface area (Å²) in [6.07, 6.45) is 6.78. The van der Waals surface area contributed by atoms with Gasteiger partial charge >= 0.3 is 0 Å². The molecule has 3 aliphatic rings. The lowest BCUT2D eigenvalue weighted by Crippen LogP contribution is -2.42. The van der Waals surface area contributed by atoms with Gasteiger partial charge in [-0.15, -0.1) is 0 Å². The summed E-state index contributed by atoms with van der Waals surface area (Å²) in [4.78, 5) is 1.91. The van der Waals surface area contributed by atoms with Gasteiger partial charge in [0.1, 0.15) is 11.4 Å².